The van der Waals surface area contributed by atoms with Gasteiger partial charge in [-0.3, -0.25) is 54.4 Å². The Hall–Kier alpha value is -2.10. The lowest BCUT2D eigenvalue weighted by Gasteiger charge is -2.52. The van der Waals surface area contributed by atoms with Crippen LogP contribution < -0.4 is 0 Å². The molecule has 4 saturated heterocycles. The Balaban J connectivity index is 2.30. The highest BCUT2D eigenvalue weighted by Gasteiger charge is 2.62. The molecule has 1 unspecified atom stereocenters. The molecule has 0 aromatic heterocycles. The minimum absolute atomic E-state index is 2.35. The third-order valence-corrected chi connectivity index (χ3v) is 17.3. The Morgan fingerprint density at radius 3 is 0.545 bits per heavy atom. The lowest BCUT2D eigenvalue weighted by atomic mass is 9.95. The van der Waals surface area contributed by atoms with Crippen LogP contribution in [0.15, 0.2) is 0 Å². The summed E-state index contributed by atoms with van der Waals surface area (Å²) in [7, 11) is -95.9. The van der Waals surface area contributed by atoms with Gasteiger partial charge >= 0.3 is 0 Å². The Morgan fingerprint density at radius 2 is 0.337 bits per heavy atom. The molecule has 0 saturated carbocycles. The maximum atomic E-state index is 12.7. The summed E-state index contributed by atoms with van der Waals surface area (Å²) in [6.45, 7) is -10.1. The summed E-state index contributed by atoms with van der Waals surface area (Å²) in [4.78, 5) is 0. The molecular weight excluding hydrogens is 1750 g/mol. The zero-order valence-electron chi connectivity index (χ0n) is 45.8. The van der Waals surface area contributed by atoms with Gasteiger partial charge < -0.3 is 96.9 Å². The standard InChI is InChI=1S/C24H42O63S14/c25-88(26,27)67-1-5-9(78-92(37,38)39)13(76-23-20(86-100(61,62)63)16(83-97(52,53)54)12(81-95(46,47)48)7(73-23)3-69-90(31,32)33)18(84-98(55,56)57)21(71-5)75-14-10(79-93(40,41)42)6(2-68-89(28,29)30)72-22(19(14)85-99(58,59)60)77-17-15(82-96(49,50)51)11(80-94(43,44)45)8(4-70-91(34,35)36)74-24(17)87-101(64,65)66/h5-24H,1-4H2,(H,25,26,27)(H,28,29,30)(H,31,32,33)(H,34,35,36)(H,37,38,39)(H,40,41,42)(H,43,44,45)(H,46,47,48)(H,49,50,51)(H,52,53,54)(H,55,56,57)(H,58,59,60)(H,61,62,63)(H,64,65,66)/p-14/t5-,6-,7-,8-,9-,10-,11-,12-,13+,14+,15+,16+,17+,18+,19+,20+,21-,22-,23-,24?/m1/s1. The highest BCUT2D eigenvalue weighted by molar-refractivity contribution is 7.83. The van der Waals surface area contributed by atoms with Crippen molar-refractivity contribution in [2.24, 2.45) is 0 Å². The van der Waals surface area contributed by atoms with Gasteiger partial charge in [0, 0.05) is 0 Å². The lowest BCUT2D eigenvalue weighted by molar-refractivity contribution is -0.380. The fraction of sp³-hybridized carbons (Fsp3) is 1.00. The van der Waals surface area contributed by atoms with Crippen molar-refractivity contribution in [3.8, 4) is 0 Å². The van der Waals surface area contributed by atoms with Gasteiger partial charge in [0.2, 0.25) is 152 Å². The molecule has 4 heterocycles. The van der Waals surface area contributed by atoms with E-state index in [0.29, 0.717) is 0 Å². The number of rotatable bonds is 38. The molecule has 20 atom stereocenters. The van der Waals surface area contributed by atoms with Crippen LogP contribution in [-0.4, -0.2) is 331 Å². The van der Waals surface area contributed by atoms with Crippen LogP contribution in [-0.2, 0) is 237 Å². The van der Waals surface area contributed by atoms with E-state index in [1.165, 1.54) is 0 Å². The summed E-state index contributed by atoms with van der Waals surface area (Å²) in [5.41, 5.74) is 0. The first-order valence-electron chi connectivity index (χ1n) is 23.1. The first-order valence-corrected chi connectivity index (χ1v) is 41.8. The summed E-state index contributed by atoms with van der Waals surface area (Å²) in [5.74, 6) is 0. The third-order valence-electron chi connectivity index (χ3n) is 11.0. The molecule has 101 heavy (non-hydrogen) atoms. The van der Waals surface area contributed by atoms with Crippen LogP contribution in [0.4, 0.5) is 0 Å². The van der Waals surface area contributed by atoms with Crippen molar-refractivity contribution in [1.82, 2.24) is 0 Å². The molecule has 63 nitrogen and oxygen atoms in total. The molecule has 0 spiro atoms. The van der Waals surface area contributed by atoms with Crippen LogP contribution in [0.2, 0.25) is 0 Å². The van der Waals surface area contributed by atoms with Crippen LogP contribution >= 0.6 is 0 Å². The molecule has 0 aromatic rings. The molecule has 4 aliphatic heterocycles. The van der Waals surface area contributed by atoms with Gasteiger partial charge in [-0.2, -0.15) is 0 Å². The van der Waals surface area contributed by atoms with Crippen molar-refractivity contribution in [3.05, 3.63) is 0 Å². The van der Waals surface area contributed by atoms with Crippen LogP contribution in [0.25, 0.3) is 0 Å². The molecule has 0 aliphatic carbocycles. The quantitative estimate of drug-likeness (QED) is 0.0409. The van der Waals surface area contributed by atoms with Gasteiger partial charge in [0.15, 0.2) is 37.2 Å². The van der Waals surface area contributed by atoms with E-state index in [1.54, 1.807) is 0 Å². The molecule has 0 radical (unpaired) electrons. The summed E-state index contributed by atoms with van der Waals surface area (Å²) in [6.07, 6.45) is -79.7. The van der Waals surface area contributed by atoms with Crippen LogP contribution in [0.3, 0.4) is 0 Å². The normalized spacial score (nSPS) is 32.5. The summed E-state index contributed by atoms with van der Waals surface area (Å²) < 4.78 is 599. The van der Waals surface area contributed by atoms with E-state index in [2.05, 4.69) is 58.6 Å². The number of hydrogen-bond donors (Lipinski definition) is 0. The molecule has 4 aliphatic rings. The van der Waals surface area contributed by atoms with Crippen molar-refractivity contribution in [2.45, 2.75) is 123 Å². The van der Waals surface area contributed by atoms with Gasteiger partial charge in [-0.05, 0) is 0 Å². The second kappa shape index (κ2) is 33.0. The van der Waals surface area contributed by atoms with E-state index in [-0.39, 0.29) is 0 Å². The molecule has 600 valence electrons. The largest absolute Gasteiger partial charge is 0.726 e. The molecule has 0 aromatic carbocycles. The first-order chi connectivity index (χ1) is 44.7. The Bertz CT molecular complexity index is 4610. The highest BCUT2D eigenvalue weighted by atomic mass is 32.3. The first kappa shape index (κ1) is 91.3. The van der Waals surface area contributed by atoms with Gasteiger partial charge in [-0.15, -0.1) is 0 Å². The maximum absolute atomic E-state index is 12.7. The highest BCUT2D eigenvalue weighted by Crippen LogP contribution is 2.42. The molecule has 4 rings (SSSR count). The van der Waals surface area contributed by atoms with E-state index in [0.717, 1.165) is 0 Å². The van der Waals surface area contributed by atoms with E-state index in [1.807, 2.05) is 0 Å². The van der Waals surface area contributed by atoms with E-state index in [9.17, 15) is 182 Å². The summed E-state index contributed by atoms with van der Waals surface area (Å²) >= 11 is 0. The van der Waals surface area contributed by atoms with Crippen molar-refractivity contribution >= 4 is 146 Å². The molecule has 4 fully saturated rings. The summed E-state index contributed by atoms with van der Waals surface area (Å²) in [5, 5.41) is 0. The second-order valence-electron chi connectivity index (χ2n) is 18.0. The second-order valence-corrected chi connectivity index (χ2v) is 32.3. The van der Waals surface area contributed by atoms with E-state index in [4.69, 9.17) is 33.2 Å². The Kier molecular flexibility index (Phi) is 29.8. The van der Waals surface area contributed by atoms with Crippen molar-refractivity contribution in [1.29, 1.82) is 0 Å². The van der Waals surface area contributed by atoms with E-state index < -0.39 is 295 Å². The van der Waals surface area contributed by atoms with E-state index >= 15 is 0 Å². The van der Waals surface area contributed by atoms with Gasteiger partial charge in [0.1, 0.15) is 79.4 Å². The molecule has 77 heteroatoms. The average molecular weight is 1770 g/mol. The fourth-order valence-corrected chi connectivity index (χ4v) is 14.3. The maximum Gasteiger partial charge on any atom is 0.220 e. The van der Waals surface area contributed by atoms with Gasteiger partial charge in [-0.1, -0.05) is 0 Å². The van der Waals surface area contributed by atoms with Crippen LogP contribution in [0.1, 0.15) is 0 Å². The predicted molar refractivity (Wildman–Crippen MR) is 254 cm³/mol. The summed E-state index contributed by atoms with van der Waals surface area (Å²) in [6, 6.07) is 0. The van der Waals surface area contributed by atoms with Crippen molar-refractivity contribution < 1.29 is 273 Å². The SMILES string of the molecule is O=S(=O)([O-])OC[C@H]1O[C@H](O[C@@H]2[C@H](OS(=O)(=O)[O-])[C@@H](O[C@@H]3C(OS(=O)(=O)[O-])O[C@H](COS(=O)(=O)[O-])[C@@H](OS(=O)(=O)[O-])[C@@H]3OS(=O)(=O)[O-])O[C@H](COS(=O)(=O)[O-])[C@H]2OS(=O)(=O)[O-])[C@@H](OS(=O)(=O)[O-])[C@@H](O[C@H]2O[C@H](COS(=O)(=O)[O-])[C@@H](OS(=O)(=O)[O-])[C@H](OS(=O)(=O)[O-])[C@@H]2OS(=O)(=O)[O-])[C@@H]1OS(=O)(=O)[O-]. The monoisotopic (exact) mass is 1770 g/mol. The van der Waals surface area contributed by atoms with Crippen LogP contribution in [0, 0.1) is 0 Å². The third kappa shape index (κ3) is 33.5. The zero-order valence-corrected chi connectivity index (χ0v) is 57.2. The molecule has 0 bridgehead atoms. The zero-order chi connectivity index (χ0) is 78.2. The average Bonchev–Trinajstić information content (AvgIpc) is 0.756. The van der Waals surface area contributed by atoms with Crippen LogP contribution in [0.5, 0.6) is 0 Å². The number of hydrogen-bond acceptors (Lipinski definition) is 63. The minimum Gasteiger partial charge on any atom is -0.726 e. The fourth-order valence-electron chi connectivity index (χ4n) is 8.31. The van der Waals surface area contributed by atoms with Gasteiger partial charge in [0.05, 0.1) is 26.4 Å². The predicted octanol–water partition coefficient (Wildman–Crippen LogP) is -17.0. The smallest absolute Gasteiger partial charge is 0.220 e. The van der Waals surface area contributed by atoms with Crippen molar-refractivity contribution in [2.75, 3.05) is 26.4 Å². The lowest BCUT2D eigenvalue weighted by Crippen LogP contribution is -2.70. The number of ether oxygens (including phenoxy) is 7. The Morgan fingerprint density at radius 1 is 0.178 bits per heavy atom. The molecule has 0 N–H and O–H groups in total. The molecule has 0 amide bonds. The van der Waals surface area contributed by atoms with Gasteiger partial charge in [0.25, 0.3) is 0 Å². The minimum atomic E-state index is -7.27. The molecular formula is C24H28O63S14-14. The topological polar surface area (TPSA) is 995 Å². The Labute approximate surface area is 564 Å². The van der Waals surface area contributed by atoms with Gasteiger partial charge in [-0.25, -0.2) is 122 Å². The van der Waals surface area contributed by atoms with Crippen molar-refractivity contribution in [3.63, 3.8) is 0 Å².